The summed E-state index contributed by atoms with van der Waals surface area (Å²) < 4.78 is 0. The lowest BCUT2D eigenvalue weighted by Gasteiger charge is -2.25. The van der Waals surface area contributed by atoms with E-state index in [-0.39, 0.29) is 23.2 Å². The number of aliphatic hydroxyl groups is 1. The van der Waals surface area contributed by atoms with Crippen LogP contribution in [0.3, 0.4) is 0 Å². The van der Waals surface area contributed by atoms with Crippen LogP contribution in [0, 0.1) is 11.8 Å². The third-order valence-electron chi connectivity index (χ3n) is 4.12. The van der Waals surface area contributed by atoms with Gasteiger partial charge < -0.3 is 10.4 Å². The van der Waals surface area contributed by atoms with Gasteiger partial charge in [0, 0.05) is 5.92 Å². The highest BCUT2D eigenvalue weighted by atomic mass is 16.3. The molecule has 0 aromatic rings. The first kappa shape index (κ1) is 16.4. The van der Waals surface area contributed by atoms with Gasteiger partial charge in [0.25, 0.3) is 0 Å². The zero-order valence-electron chi connectivity index (χ0n) is 12.8. The molecule has 0 aromatic carbocycles. The second kappa shape index (κ2) is 6.83. The molecule has 0 radical (unpaired) electrons. The Balaban J connectivity index is 2.33. The number of carbonyl (C=O) groups is 3. The van der Waals surface area contributed by atoms with Gasteiger partial charge in [-0.25, -0.2) is 0 Å². The molecule has 0 fully saturated rings. The first-order valence-corrected chi connectivity index (χ1v) is 7.52. The van der Waals surface area contributed by atoms with Crippen LogP contribution in [0.4, 0.5) is 0 Å². The van der Waals surface area contributed by atoms with E-state index >= 15 is 0 Å². The van der Waals surface area contributed by atoms with Gasteiger partial charge in [-0.1, -0.05) is 18.2 Å². The van der Waals surface area contributed by atoms with Crippen molar-refractivity contribution in [3.8, 4) is 0 Å². The number of hydrogen-bond donors (Lipinski definition) is 2. The Morgan fingerprint density at radius 1 is 1.23 bits per heavy atom. The molecule has 0 aromatic heterocycles. The van der Waals surface area contributed by atoms with Crippen LogP contribution in [0.1, 0.15) is 33.1 Å². The molecule has 5 heteroatoms. The summed E-state index contributed by atoms with van der Waals surface area (Å²) in [6.07, 6.45) is 7.63. The van der Waals surface area contributed by atoms with Crippen molar-refractivity contribution < 1.29 is 19.5 Å². The molecule has 0 unspecified atom stereocenters. The Hall–Kier alpha value is -2.01. The number of rotatable bonds is 0. The Bertz CT molecular complexity index is 585. The third-order valence-corrected chi connectivity index (χ3v) is 4.12. The molecule has 1 heterocycles. The fourth-order valence-electron chi connectivity index (χ4n) is 2.70. The minimum Gasteiger partial charge on any atom is -0.389 e. The highest BCUT2D eigenvalue weighted by Gasteiger charge is 2.32. The van der Waals surface area contributed by atoms with Crippen molar-refractivity contribution in [2.24, 2.45) is 11.8 Å². The van der Waals surface area contributed by atoms with E-state index in [9.17, 15) is 19.5 Å². The molecule has 118 valence electrons. The summed E-state index contributed by atoms with van der Waals surface area (Å²) in [7, 11) is 0. The zero-order valence-corrected chi connectivity index (χ0v) is 12.8. The van der Waals surface area contributed by atoms with Gasteiger partial charge in [0.2, 0.25) is 5.91 Å². The molecule has 2 N–H and O–H groups in total. The molecule has 2 rings (SSSR count). The minimum atomic E-state index is -0.878. The quantitative estimate of drug-likeness (QED) is 0.663. The summed E-state index contributed by atoms with van der Waals surface area (Å²) in [6.45, 7) is 3.18. The van der Waals surface area contributed by atoms with Crippen molar-refractivity contribution in [3.63, 3.8) is 0 Å². The lowest BCUT2D eigenvalue weighted by molar-refractivity contribution is -0.132. The highest BCUT2D eigenvalue weighted by molar-refractivity contribution is 6.11. The van der Waals surface area contributed by atoms with Crippen LogP contribution in [0.25, 0.3) is 0 Å². The van der Waals surface area contributed by atoms with Gasteiger partial charge in [-0.2, -0.15) is 0 Å². The average Bonchev–Trinajstić information content (AvgIpc) is 2.48. The smallest absolute Gasteiger partial charge is 0.235 e. The van der Waals surface area contributed by atoms with Crippen molar-refractivity contribution in [2.45, 2.75) is 39.2 Å². The van der Waals surface area contributed by atoms with E-state index < -0.39 is 17.9 Å². The molecule has 1 aliphatic heterocycles. The maximum Gasteiger partial charge on any atom is 0.235 e. The average molecular weight is 303 g/mol. The lowest BCUT2D eigenvalue weighted by Crippen LogP contribution is -2.40. The zero-order chi connectivity index (χ0) is 16.3. The van der Waals surface area contributed by atoms with E-state index in [1.54, 1.807) is 19.1 Å². The minimum absolute atomic E-state index is 0.109. The van der Waals surface area contributed by atoms with Crippen LogP contribution < -0.4 is 5.32 Å². The van der Waals surface area contributed by atoms with Gasteiger partial charge in [-0.05, 0) is 44.8 Å². The Morgan fingerprint density at radius 3 is 2.68 bits per heavy atom. The van der Waals surface area contributed by atoms with Gasteiger partial charge in [-0.15, -0.1) is 0 Å². The fraction of sp³-hybridized carbons (Fsp3) is 0.471. The Kier molecular flexibility index (Phi) is 5.08. The van der Waals surface area contributed by atoms with Crippen molar-refractivity contribution >= 4 is 17.5 Å². The van der Waals surface area contributed by atoms with Crippen LogP contribution in [-0.4, -0.2) is 28.7 Å². The number of nitrogens with one attached hydrogen (secondary N) is 1. The second-order valence-electron chi connectivity index (χ2n) is 5.87. The van der Waals surface area contributed by atoms with Crippen LogP contribution in [0.5, 0.6) is 0 Å². The summed E-state index contributed by atoms with van der Waals surface area (Å²) in [5.74, 6) is -2.15. The van der Waals surface area contributed by atoms with E-state index in [1.807, 2.05) is 6.08 Å². The Labute approximate surface area is 129 Å². The van der Waals surface area contributed by atoms with Gasteiger partial charge in [0.05, 0.1) is 17.7 Å². The van der Waals surface area contributed by atoms with Crippen LogP contribution in [0.2, 0.25) is 0 Å². The van der Waals surface area contributed by atoms with E-state index in [0.29, 0.717) is 24.8 Å². The number of amides is 1. The highest BCUT2D eigenvalue weighted by Crippen LogP contribution is 2.25. The van der Waals surface area contributed by atoms with E-state index in [1.165, 1.54) is 13.0 Å². The molecule has 5 nitrogen and oxygen atoms in total. The molecule has 1 aliphatic carbocycles. The number of allylic oxidation sites excluding steroid dienone is 5. The Morgan fingerprint density at radius 2 is 1.95 bits per heavy atom. The summed E-state index contributed by atoms with van der Waals surface area (Å²) in [4.78, 5) is 36.7. The first-order chi connectivity index (χ1) is 10.4. The van der Waals surface area contributed by atoms with E-state index in [4.69, 9.17) is 0 Å². The molecule has 0 saturated heterocycles. The molecule has 2 aliphatic rings. The predicted octanol–water partition coefficient (Wildman–Crippen LogP) is 1.44. The summed E-state index contributed by atoms with van der Waals surface area (Å²) in [5, 5.41) is 12.4. The topological polar surface area (TPSA) is 83.5 Å². The van der Waals surface area contributed by atoms with Gasteiger partial charge in [0.1, 0.15) is 0 Å². The van der Waals surface area contributed by atoms with E-state index in [0.717, 1.165) is 0 Å². The van der Waals surface area contributed by atoms with Crippen molar-refractivity contribution in [2.75, 3.05) is 0 Å². The molecule has 1 amide bonds. The molecule has 2 bridgehead atoms. The number of carbonyl (C=O) groups excluding carboxylic acids is 3. The molecular formula is C17H21NO4. The number of hydrogen-bond acceptors (Lipinski definition) is 4. The lowest BCUT2D eigenvalue weighted by atomic mass is 9.85. The van der Waals surface area contributed by atoms with Crippen LogP contribution in [-0.2, 0) is 14.4 Å². The SMILES string of the molecule is C/C1=C/C=C\CC[C@@H]2C[C@H](O)C=C(NC(=O)[C@H](C)C1=O)C2=O. The first-order valence-electron chi connectivity index (χ1n) is 7.52. The molecular weight excluding hydrogens is 282 g/mol. The maximum atomic E-state index is 12.4. The van der Waals surface area contributed by atoms with Crippen molar-refractivity contribution in [1.82, 2.24) is 5.32 Å². The van der Waals surface area contributed by atoms with Crippen molar-refractivity contribution in [1.29, 1.82) is 0 Å². The monoisotopic (exact) mass is 303 g/mol. The molecule has 22 heavy (non-hydrogen) atoms. The number of ketones is 2. The molecule has 3 atom stereocenters. The van der Waals surface area contributed by atoms with E-state index in [2.05, 4.69) is 5.32 Å². The van der Waals surface area contributed by atoms with Gasteiger partial charge in [0.15, 0.2) is 11.6 Å². The standard InChI is InChI=1S/C17H21NO4/c1-10-6-4-3-5-7-12-8-13(19)9-14(16(12)21)18-17(22)11(2)15(10)20/h3-4,6,9,11-13,19H,5,7-8H2,1-2H3,(H,18,22)/b4-3-,10-6-/t11-,12-,13+/m1/s1. The largest absolute Gasteiger partial charge is 0.389 e. The third kappa shape index (κ3) is 3.60. The molecule has 0 spiro atoms. The number of Topliss-reactive ketones (excluding diaryl/α,β-unsaturated/α-hetero) is 2. The summed E-state index contributed by atoms with van der Waals surface area (Å²) >= 11 is 0. The predicted molar refractivity (Wildman–Crippen MR) is 81.6 cm³/mol. The van der Waals surface area contributed by atoms with Gasteiger partial charge in [-0.3, -0.25) is 14.4 Å². The maximum absolute atomic E-state index is 12.4. The summed E-state index contributed by atoms with van der Waals surface area (Å²) in [6, 6.07) is 0. The summed E-state index contributed by atoms with van der Waals surface area (Å²) in [5.41, 5.74) is 0.611. The number of fused-ring (bicyclic) bond motifs is 2. The normalized spacial score (nSPS) is 34.3. The molecule has 0 saturated carbocycles. The van der Waals surface area contributed by atoms with Crippen LogP contribution >= 0.6 is 0 Å². The van der Waals surface area contributed by atoms with Crippen molar-refractivity contribution in [3.05, 3.63) is 35.6 Å². The van der Waals surface area contributed by atoms with Gasteiger partial charge >= 0.3 is 0 Å². The van der Waals surface area contributed by atoms with Crippen LogP contribution in [0.15, 0.2) is 35.6 Å². The fourth-order valence-corrected chi connectivity index (χ4v) is 2.70. The number of aliphatic hydroxyl groups excluding tert-OH is 1. The second-order valence-corrected chi connectivity index (χ2v) is 5.87.